The molecule has 266 valence electrons. The van der Waals surface area contributed by atoms with E-state index in [0.717, 1.165) is 51.4 Å². The molecule has 10 nitrogen and oxygen atoms in total. The van der Waals surface area contributed by atoms with Crippen LogP contribution in [-0.2, 0) is 28.5 Å². The van der Waals surface area contributed by atoms with Gasteiger partial charge in [0.25, 0.3) is 0 Å². The summed E-state index contributed by atoms with van der Waals surface area (Å²) in [6, 6.07) is 0. The van der Waals surface area contributed by atoms with Crippen molar-refractivity contribution in [1.29, 1.82) is 0 Å². The van der Waals surface area contributed by atoms with Gasteiger partial charge >= 0.3 is 5.97 Å². The van der Waals surface area contributed by atoms with Crippen molar-refractivity contribution >= 4 is 5.97 Å². The van der Waals surface area contributed by atoms with Crippen molar-refractivity contribution in [2.24, 2.45) is 50.7 Å². The maximum absolute atomic E-state index is 12.8. The average molecular weight is 663 g/mol. The number of rotatable bonds is 4. The van der Waals surface area contributed by atoms with Gasteiger partial charge in [0.2, 0.25) is 0 Å². The van der Waals surface area contributed by atoms with E-state index in [2.05, 4.69) is 34.6 Å². The summed E-state index contributed by atoms with van der Waals surface area (Å²) in [5.41, 5.74) is -1.36. The zero-order valence-corrected chi connectivity index (χ0v) is 29.5. The maximum Gasteiger partial charge on any atom is 0.303 e. The molecule has 7 unspecified atom stereocenters. The predicted octanol–water partition coefficient (Wildman–Crippen LogP) is 3.69. The highest BCUT2D eigenvalue weighted by molar-refractivity contribution is 5.66. The van der Waals surface area contributed by atoms with Gasteiger partial charge in [-0.15, -0.1) is 0 Å². The van der Waals surface area contributed by atoms with E-state index >= 15 is 0 Å². The van der Waals surface area contributed by atoms with Crippen LogP contribution in [0, 0.1) is 50.7 Å². The third-order valence-electron chi connectivity index (χ3n) is 16.3. The van der Waals surface area contributed by atoms with E-state index in [1.165, 1.54) is 6.92 Å². The molecule has 0 aromatic heterocycles. The van der Waals surface area contributed by atoms with Gasteiger partial charge < -0.3 is 44.1 Å². The fourth-order valence-corrected chi connectivity index (χ4v) is 14.4. The largest absolute Gasteiger partial charge is 0.457 e. The van der Waals surface area contributed by atoms with E-state index in [1.807, 2.05) is 13.8 Å². The molecule has 10 heteroatoms. The summed E-state index contributed by atoms with van der Waals surface area (Å²) in [7, 11) is 0. The Kier molecular flexibility index (Phi) is 7.03. The van der Waals surface area contributed by atoms with Gasteiger partial charge in [-0.2, -0.15) is 0 Å². The van der Waals surface area contributed by atoms with Gasteiger partial charge in [0.05, 0.1) is 18.8 Å². The van der Waals surface area contributed by atoms with Gasteiger partial charge in [0.15, 0.2) is 12.1 Å². The van der Waals surface area contributed by atoms with Crippen LogP contribution in [0.3, 0.4) is 0 Å². The molecular weight excluding hydrogens is 604 g/mol. The summed E-state index contributed by atoms with van der Waals surface area (Å²) in [5.74, 6) is -0.402. The summed E-state index contributed by atoms with van der Waals surface area (Å²) < 4.78 is 31.9. The van der Waals surface area contributed by atoms with Crippen molar-refractivity contribution in [3.63, 3.8) is 0 Å². The van der Waals surface area contributed by atoms with Gasteiger partial charge in [-0.05, 0) is 105 Å². The first-order chi connectivity index (χ1) is 21.8. The molecule has 5 saturated carbocycles. The van der Waals surface area contributed by atoms with Crippen LogP contribution < -0.4 is 0 Å². The Labute approximate surface area is 279 Å². The van der Waals surface area contributed by atoms with E-state index in [4.69, 9.17) is 23.7 Å². The highest BCUT2D eigenvalue weighted by Crippen LogP contribution is 2.90. The first kappa shape index (κ1) is 33.3. The molecule has 8 aliphatic rings. The van der Waals surface area contributed by atoms with Crippen molar-refractivity contribution in [2.75, 3.05) is 6.61 Å². The molecule has 2 bridgehead atoms. The lowest BCUT2D eigenvalue weighted by atomic mass is 9.41. The summed E-state index contributed by atoms with van der Waals surface area (Å²) in [6.07, 6.45) is 1.72. The molecule has 5 aliphatic carbocycles. The Hall–Kier alpha value is -0.850. The summed E-state index contributed by atoms with van der Waals surface area (Å²) in [5, 5.41) is 43.7. The molecule has 4 N–H and O–H groups in total. The van der Waals surface area contributed by atoms with Crippen LogP contribution in [0.25, 0.3) is 0 Å². The molecule has 3 aliphatic heterocycles. The Bertz CT molecular complexity index is 1320. The minimum atomic E-state index is -1.29. The van der Waals surface area contributed by atoms with E-state index in [1.54, 1.807) is 0 Å². The fourth-order valence-electron chi connectivity index (χ4n) is 14.4. The quantitative estimate of drug-likeness (QED) is 0.260. The van der Waals surface area contributed by atoms with Crippen molar-refractivity contribution < 1.29 is 48.9 Å². The molecule has 8 fully saturated rings. The summed E-state index contributed by atoms with van der Waals surface area (Å²) in [6.45, 7) is 16.8. The molecule has 0 aromatic carbocycles. The SMILES string of the molecule is CC(=O)OC(C)(C)C1O[C@@]23OC1C[C@@H](C)[C@@H]2[C@@]1(C)CC[C@@]24C[C@@]25CC[C@H](OC2OCC(O)C(O)C2O)C(C)(C)[C@@H]5CCC4[C@]1(C)[C@H]3O. The maximum atomic E-state index is 12.8. The molecule has 3 saturated heterocycles. The van der Waals surface area contributed by atoms with Crippen molar-refractivity contribution in [2.45, 2.75) is 167 Å². The molecule has 0 amide bonds. The molecule has 3 spiro atoms. The normalized spacial score (nSPS) is 58.8. The van der Waals surface area contributed by atoms with Gasteiger partial charge in [0, 0.05) is 18.3 Å². The molecule has 17 atom stereocenters. The third kappa shape index (κ3) is 3.88. The number of hydrogen-bond acceptors (Lipinski definition) is 10. The number of carbonyl (C=O) groups excluding carboxylic acids is 1. The van der Waals surface area contributed by atoms with E-state index in [0.29, 0.717) is 11.8 Å². The van der Waals surface area contributed by atoms with Crippen molar-refractivity contribution in [1.82, 2.24) is 0 Å². The van der Waals surface area contributed by atoms with Gasteiger partial charge in [-0.25, -0.2) is 0 Å². The second-order valence-corrected chi connectivity index (χ2v) is 18.8. The Morgan fingerprint density at radius 2 is 1.57 bits per heavy atom. The monoisotopic (exact) mass is 662 g/mol. The lowest BCUT2D eigenvalue weighted by Crippen LogP contribution is -2.61. The van der Waals surface area contributed by atoms with Crippen LogP contribution in [0.2, 0.25) is 0 Å². The molecule has 47 heavy (non-hydrogen) atoms. The minimum Gasteiger partial charge on any atom is -0.457 e. The number of esters is 1. The molecule has 3 heterocycles. The lowest BCUT2D eigenvalue weighted by Gasteiger charge is -2.63. The second kappa shape index (κ2) is 9.93. The Balaban J connectivity index is 1.09. The number of ether oxygens (including phenoxy) is 5. The van der Waals surface area contributed by atoms with Gasteiger partial charge in [-0.3, -0.25) is 4.79 Å². The van der Waals surface area contributed by atoms with Crippen molar-refractivity contribution in [3.8, 4) is 0 Å². The number of hydrogen-bond donors (Lipinski definition) is 4. The van der Waals surface area contributed by atoms with E-state index in [-0.39, 0.29) is 58.3 Å². The van der Waals surface area contributed by atoms with E-state index < -0.39 is 53.6 Å². The third-order valence-corrected chi connectivity index (χ3v) is 16.3. The molecule has 0 radical (unpaired) electrons. The van der Waals surface area contributed by atoms with Crippen molar-refractivity contribution in [3.05, 3.63) is 0 Å². The first-order valence-corrected chi connectivity index (χ1v) is 18.4. The topological polar surface area (TPSA) is 144 Å². The summed E-state index contributed by atoms with van der Waals surface area (Å²) in [4.78, 5) is 12.1. The Morgan fingerprint density at radius 1 is 0.894 bits per heavy atom. The van der Waals surface area contributed by atoms with Crippen LogP contribution in [0.15, 0.2) is 0 Å². The minimum absolute atomic E-state index is 0.0329. The smallest absolute Gasteiger partial charge is 0.303 e. The molecule has 8 rings (SSSR count). The van der Waals surface area contributed by atoms with Crippen LogP contribution >= 0.6 is 0 Å². The number of aliphatic hydroxyl groups is 4. The number of aliphatic hydroxyl groups excluding tert-OH is 4. The number of carbonyl (C=O) groups is 1. The van der Waals surface area contributed by atoms with Gasteiger partial charge in [-0.1, -0.05) is 34.6 Å². The van der Waals surface area contributed by atoms with Crippen LogP contribution in [0.1, 0.15) is 107 Å². The van der Waals surface area contributed by atoms with Crippen LogP contribution in [0.4, 0.5) is 0 Å². The summed E-state index contributed by atoms with van der Waals surface area (Å²) >= 11 is 0. The molecule has 0 aromatic rings. The zero-order chi connectivity index (χ0) is 33.9. The van der Waals surface area contributed by atoms with Crippen LogP contribution in [-0.4, -0.2) is 93.4 Å². The Morgan fingerprint density at radius 3 is 2.28 bits per heavy atom. The number of fused-ring (bicyclic) bond motifs is 4. The van der Waals surface area contributed by atoms with E-state index in [9.17, 15) is 25.2 Å². The highest BCUT2D eigenvalue weighted by atomic mass is 16.8. The lowest BCUT2D eigenvalue weighted by molar-refractivity contribution is -0.303. The predicted molar refractivity (Wildman–Crippen MR) is 168 cm³/mol. The van der Waals surface area contributed by atoms with Gasteiger partial charge in [0.1, 0.15) is 36.1 Å². The fraction of sp³-hybridized carbons (Fsp3) is 0.973. The standard InChI is InChI=1S/C37H58O10/c1-18-15-21-28(32(5,6)45-19(2)38)47-37(46-21)27(18)33(7)13-14-36-17-35(36)12-11-24(44-29-26(41)25(40)20(39)16-43-29)31(3,4)22(35)9-10-23(36)34(33,8)30(37)42/h18,20-30,39-42H,9-17H2,1-8H3/t18-,20?,21?,22+,23?,24+,25?,26?,27-,28?,29?,30-,33-,34-,35-,36+,37+/m1/s1. The zero-order valence-electron chi connectivity index (χ0n) is 29.5. The first-order valence-electron chi connectivity index (χ1n) is 18.4. The average Bonchev–Trinajstić information content (AvgIpc) is 3.49. The highest BCUT2D eigenvalue weighted by Gasteiger charge is 2.88. The van der Waals surface area contributed by atoms with Crippen LogP contribution in [0.5, 0.6) is 0 Å². The molecular formula is C37H58O10. The second-order valence-electron chi connectivity index (χ2n) is 18.8.